The monoisotopic (exact) mass is 126 g/mol. The first-order chi connectivity index (χ1) is 4.22. The van der Waals surface area contributed by atoms with Crippen molar-refractivity contribution in [3.8, 4) is 0 Å². The molecule has 2 heteroatoms. The second kappa shape index (κ2) is 3.93. The van der Waals surface area contributed by atoms with Gasteiger partial charge in [0.15, 0.2) is 0 Å². The molecule has 2 nitrogen and oxygen atoms in total. The van der Waals surface area contributed by atoms with E-state index in [1.165, 1.54) is 0 Å². The lowest BCUT2D eigenvalue weighted by Gasteiger charge is -1.91. The second-order valence-corrected chi connectivity index (χ2v) is 1.71. The van der Waals surface area contributed by atoms with Crippen molar-refractivity contribution in [1.82, 2.24) is 0 Å². The molecule has 0 aliphatic heterocycles. The fraction of sp³-hybridized carbons (Fsp3) is 0.429. The number of hydrogen-bond donors (Lipinski definition) is 1. The van der Waals surface area contributed by atoms with Gasteiger partial charge >= 0.3 is 5.97 Å². The Labute approximate surface area is 54.5 Å². The molecular formula is C7H10O2. The van der Waals surface area contributed by atoms with Crippen LogP contribution in [0.3, 0.4) is 0 Å². The van der Waals surface area contributed by atoms with Gasteiger partial charge in [-0.2, -0.15) is 0 Å². The summed E-state index contributed by atoms with van der Waals surface area (Å²) in [6.45, 7) is 5.17. The highest BCUT2D eigenvalue weighted by molar-refractivity contribution is 5.86. The van der Waals surface area contributed by atoms with Gasteiger partial charge in [0, 0.05) is 0 Å². The first kappa shape index (κ1) is 7.99. The minimum Gasteiger partial charge on any atom is -0.477 e. The van der Waals surface area contributed by atoms with E-state index in [1.54, 1.807) is 0 Å². The summed E-state index contributed by atoms with van der Waals surface area (Å²) in [5.41, 5.74) is 2.64. The van der Waals surface area contributed by atoms with Crippen molar-refractivity contribution in [3.05, 3.63) is 17.9 Å². The van der Waals surface area contributed by atoms with E-state index < -0.39 is 5.97 Å². The van der Waals surface area contributed by atoms with Crippen LogP contribution in [0.1, 0.15) is 19.8 Å². The molecule has 0 atom stereocenters. The Bertz CT molecular complexity index is 152. The SMILES string of the molecule is C=C=C(CCC)C(=O)O. The van der Waals surface area contributed by atoms with Crippen molar-refractivity contribution in [2.75, 3.05) is 0 Å². The Kier molecular flexibility index (Phi) is 3.49. The van der Waals surface area contributed by atoms with Crippen LogP contribution in [0.5, 0.6) is 0 Å². The van der Waals surface area contributed by atoms with Gasteiger partial charge in [0.25, 0.3) is 0 Å². The molecule has 0 rings (SSSR count). The number of rotatable bonds is 3. The van der Waals surface area contributed by atoms with E-state index in [2.05, 4.69) is 12.3 Å². The van der Waals surface area contributed by atoms with E-state index in [9.17, 15) is 4.79 Å². The van der Waals surface area contributed by atoms with Crippen LogP contribution in [0.4, 0.5) is 0 Å². The molecule has 0 unspecified atom stereocenters. The molecule has 50 valence electrons. The molecule has 0 heterocycles. The van der Waals surface area contributed by atoms with Crippen molar-refractivity contribution in [2.45, 2.75) is 19.8 Å². The van der Waals surface area contributed by atoms with Crippen LogP contribution in [0.15, 0.2) is 17.9 Å². The number of carboxylic acids is 1. The lowest BCUT2D eigenvalue weighted by atomic mass is 10.2. The summed E-state index contributed by atoms with van der Waals surface area (Å²) in [7, 11) is 0. The lowest BCUT2D eigenvalue weighted by molar-refractivity contribution is -0.132. The predicted octanol–water partition coefficient (Wildman–Crippen LogP) is 1.58. The molecule has 0 aliphatic rings. The first-order valence-electron chi connectivity index (χ1n) is 2.84. The van der Waals surface area contributed by atoms with Crippen LogP contribution in [-0.2, 0) is 4.79 Å². The van der Waals surface area contributed by atoms with Gasteiger partial charge in [-0.05, 0) is 6.42 Å². The largest absolute Gasteiger partial charge is 0.477 e. The van der Waals surface area contributed by atoms with E-state index in [1.807, 2.05) is 6.92 Å². The fourth-order valence-electron chi connectivity index (χ4n) is 0.521. The highest BCUT2D eigenvalue weighted by Crippen LogP contribution is 2.01. The third-order valence-electron chi connectivity index (χ3n) is 0.972. The molecular weight excluding hydrogens is 116 g/mol. The maximum Gasteiger partial charge on any atom is 0.339 e. The molecule has 0 aromatic carbocycles. The number of carbonyl (C=O) groups is 1. The average molecular weight is 126 g/mol. The molecule has 0 aliphatic carbocycles. The van der Waals surface area contributed by atoms with Crippen LogP contribution in [0.25, 0.3) is 0 Å². The van der Waals surface area contributed by atoms with Gasteiger partial charge in [0.2, 0.25) is 0 Å². The smallest absolute Gasteiger partial charge is 0.339 e. The summed E-state index contributed by atoms with van der Waals surface area (Å²) in [5, 5.41) is 8.36. The summed E-state index contributed by atoms with van der Waals surface area (Å²) in [4.78, 5) is 10.2. The van der Waals surface area contributed by atoms with Crippen LogP contribution in [0, 0.1) is 0 Å². The Morgan fingerprint density at radius 1 is 1.78 bits per heavy atom. The quantitative estimate of drug-likeness (QED) is 0.460. The zero-order valence-electron chi connectivity index (χ0n) is 5.48. The van der Waals surface area contributed by atoms with Crippen LogP contribution >= 0.6 is 0 Å². The summed E-state index contributed by atoms with van der Waals surface area (Å²) in [6, 6.07) is 0. The maximum atomic E-state index is 10.2. The Hall–Kier alpha value is -1.01. The zero-order chi connectivity index (χ0) is 7.28. The van der Waals surface area contributed by atoms with Crippen LogP contribution in [-0.4, -0.2) is 11.1 Å². The molecule has 0 saturated carbocycles. The second-order valence-electron chi connectivity index (χ2n) is 1.71. The van der Waals surface area contributed by atoms with Crippen LogP contribution < -0.4 is 0 Å². The van der Waals surface area contributed by atoms with Crippen LogP contribution in [0.2, 0.25) is 0 Å². The van der Waals surface area contributed by atoms with E-state index in [-0.39, 0.29) is 5.57 Å². The highest BCUT2D eigenvalue weighted by atomic mass is 16.4. The van der Waals surface area contributed by atoms with Gasteiger partial charge < -0.3 is 5.11 Å². The third-order valence-corrected chi connectivity index (χ3v) is 0.972. The number of aliphatic carboxylic acids is 1. The summed E-state index contributed by atoms with van der Waals surface area (Å²) < 4.78 is 0. The van der Waals surface area contributed by atoms with Crippen molar-refractivity contribution in [3.63, 3.8) is 0 Å². The molecule has 0 amide bonds. The van der Waals surface area contributed by atoms with Gasteiger partial charge in [-0.1, -0.05) is 19.9 Å². The molecule has 0 aromatic rings. The van der Waals surface area contributed by atoms with Crippen molar-refractivity contribution >= 4 is 5.97 Å². The van der Waals surface area contributed by atoms with Gasteiger partial charge in [-0.3, -0.25) is 0 Å². The predicted molar refractivity (Wildman–Crippen MR) is 35.2 cm³/mol. The summed E-state index contributed by atoms with van der Waals surface area (Å²) in [5.74, 6) is -0.910. The molecule has 9 heavy (non-hydrogen) atoms. The minimum atomic E-state index is -0.910. The van der Waals surface area contributed by atoms with E-state index in [0.29, 0.717) is 6.42 Å². The van der Waals surface area contributed by atoms with Gasteiger partial charge in [0.05, 0.1) is 5.57 Å². The topological polar surface area (TPSA) is 37.3 Å². The highest BCUT2D eigenvalue weighted by Gasteiger charge is 2.02. The maximum absolute atomic E-state index is 10.2. The van der Waals surface area contributed by atoms with Gasteiger partial charge in [0.1, 0.15) is 0 Å². The molecule has 0 aromatic heterocycles. The number of hydrogen-bond acceptors (Lipinski definition) is 1. The van der Waals surface area contributed by atoms with E-state index in [4.69, 9.17) is 5.11 Å². The standard InChI is InChI=1S/C7H10O2/c1-3-5-6(4-2)7(8)9/h2-3,5H2,1H3,(H,8,9). The molecule has 0 radical (unpaired) electrons. The molecule has 0 spiro atoms. The van der Waals surface area contributed by atoms with Crippen molar-refractivity contribution in [1.29, 1.82) is 0 Å². The molecule has 0 bridgehead atoms. The lowest BCUT2D eigenvalue weighted by Crippen LogP contribution is -1.97. The fourth-order valence-corrected chi connectivity index (χ4v) is 0.521. The molecule has 0 fully saturated rings. The third kappa shape index (κ3) is 2.73. The number of carboxylic acid groups (broad SMARTS) is 1. The van der Waals surface area contributed by atoms with Gasteiger partial charge in [-0.25, -0.2) is 4.79 Å². The van der Waals surface area contributed by atoms with Crippen molar-refractivity contribution < 1.29 is 9.90 Å². The van der Waals surface area contributed by atoms with Gasteiger partial charge in [-0.15, -0.1) is 5.73 Å². The Morgan fingerprint density at radius 2 is 2.33 bits per heavy atom. The molecule has 0 saturated heterocycles. The zero-order valence-corrected chi connectivity index (χ0v) is 5.48. The normalized spacial score (nSPS) is 8.11. The van der Waals surface area contributed by atoms with E-state index in [0.717, 1.165) is 6.42 Å². The Balaban J connectivity index is 4.02. The molecule has 1 N–H and O–H groups in total. The Morgan fingerprint density at radius 3 is 2.44 bits per heavy atom. The van der Waals surface area contributed by atoms with E-state index >= 15 is 0 Å². The van der Waals surface area contributed by atoms with Crippen molar-refractivity contribution in [2.24, 2.45) is 0 Å². The summed E-state index contributed by atoms with van der Waals surface area (Å²) in [6.07, 6.45) is 1.38. The first-order valence-corrected chi connectivity index (χ1v) is 2.84. The summed E-state index contributed by atoms with van der Waals surface area (Å²) >= 11 is 0. The average Bonchev–Trinajstić information content (AvgIpc) is 1.82. The minimum absolute atomic E-state index is 0.275.